The quantitative estimate of drug-likeness (QED) is 0.897. The molecule has 4 heteroatoms. The minimum Gasteiger partial charge on any atom is -0.365 e. The van der Waals surface area contributed by atoms with Crippen LogP contribution in [0.4, 0.5) is 5.82 Å². The van der Waals surface area contributed by atoms with Gasteiger partial charge in [-0.1, -0.05) is 13.8 Å². The van der Waals surface area contributed by atoms with Crippen LogP contribution in [0.25, 0.3) is 0 Å². The molecule has 0 amide bonds. The lowest BCUT2D eigenvalue weighted by molar-refractivity contribution is 0.814. The van der Waals surface area contributed by atoms with Crippen LogP contribution in [0, 0.1) is 6.92 Å². The van der Waals surface area contributed by atoms with Crippen LogP contribution in [0.15, 0.2) is 23.8 Å². The summed E-state index contributed by atoms with van der Waals surface area (Å²) >= 11 is 1.77. The van der Waals surface area contributed by atoms with E-state index in [9.17, 15) is 0 Å². The number of hydrogen-bond acceptors (Lipinski definition) is 4. The molecule has 0 aliphatic rings. The first-order valence-electron chi connectivity index (χ1n) is 5.75. The molecule has 3 nitrogen and oxygen atoms in total. The summed E-state index contributed by atoms with van der Waals surface area (Å²) in [5.74, 6) is 1.33. The van der Waals surface area contributed by atoms with E-state index < -0.39 is 0 Å². The van der Waals surface area contributed by atoms with E-state index in [1.165, 1.54) is 10.4 Å². The molecule has 0 saturated carbocycles. The zero-order valence-electron chi connectivity index (χ0n) is 10.4. The molecule has 0 spiro atoms. The van der Waals surface area contributed by atoms with Crippen molar-refractivity contribution in [3.63, 3.8) is 0 Å². The fourth-order valence-corrected chi connectivity index (χ4v) is 2.39. The Morgan fingerprint density at radius 1 is 1.35 bits per heavy atom. The minimum absolute atomic E-state index is 0.432. The van der Waals surface area contributed by atoms with Crippen LogP contribution in [0.2, 0.25) is 0 Å². The standard InChI is InChI=1S/C13H17N3S/c1-9(2)11-6-13(16-8-15-11)14-7-12-10(3)4-5-17-12/h4-6,8-9H,7H2,1-3H3,(H,14,15,16). The van der Waals surface area contributed by atoms with Crippen molar-refractivity contribution in [3.8, 4) is 0 Å². The lowest BCUT2D eigenvalue weighted by Gasteiger charge is -2.08. The average molecular weight is 247 g/mol. The molecule has 0 aliphatic heterocycles. The molecule has 0 aromatic carbocycles. The summed E-state index contributed by atoms with van der Waals surface area (Å²) in [7, 11) is 0. The molecule has 0 bridgehead atoms. The summed E-state index contributed by atoms with van der Waals surface area (Å²) in [5.41, 5.74) is 2.41. The topological polar surface area (TPSA) is 37.8 Å². The fourth-order valence-electron chi connectivity index (χ4n) is 1.54. The van der Waals surface area contributed by atoms with Gasteiger partial charge in [0.25, 0.3) is 0 Å². The Labute approximate surface area is 106 Å². The summed E-state index contributed by atoms with van der Waals surface area (Å²) in [6, 6.07) is 4.16. The number of aromatic nitrogens is 2. The summed E-state index contributed by atoms with van der Waals surface area (Å²) in [6.07, 6.45) is 1.62. The highest BCUT2D eigenvalue weighted by atomic mass is 32.1. The maximum Gasteiger partial charge on any atom is 0.129 e. The highest BCUT2D eigenvalue weighted by molar-refractivity contribution is 7.10. The molecule has 0 atom stereocenters. The van der Waals surface area contributed by atoms with Crippen molar-refractivity contribution in [2.24, 2.45) is 0 Å². The molecular formula is C13H17N3S. The highest BCUT2D eigenvalue weighted by Gasteiger charge is 2.04. The van der Waals surface area contributed by atoms with Crippen LogP contribution in [-0.2, 0) is 6.54 Å². The van der Waals surface area contributed by atoms with Crippen molar-refractivity contribution < 1.29 is 0 Å². The number of hydrogen-bond donors (Lipinski definition) is 1. The van der Waals surface area contributed by atoms with Crippen molar-refractivity contribution in [1.82, 2.24) is 9.97 Å². The second kappa shape index (κ2) is 5.27. The lowest BCUT2D eigenvalue weighted by Crippen LogP contribution is -2.03. The normalized spacial score (nSPS) is 10.8. The molecule has 0 aliphatic carbocycles. The van der Waals surface area contributed by atoms with Gasteiger partial charge in [0, 0.05) is 16.6 Å². The number of anilines is 1. The molecule has 0 unspecified atom stereocenters. The van der Waals surface area contributed by atoms with Gasteiger partial charge >= 0.3 is 0 Å². The Morgan fingerprint density at radius 3 is 2.82 bits per heavy atom. The van der Waals surface area contributed by atoms with Crippen LogP contribution in [-0.4, -0.2) is 9.97 Å². The lowest BCUT2D eigenvalue weighted by atomic mass is 10.1. The van der Waals surface area contributed by atoms with Crippen molar-refractivity contribution in [2.45, 2.75) is 33.2 Å². The molecule has 0 saturated heterocycles. The predicted octanol–water partition coefficient (Wildman–Crippen LogP) is 3.58. The van der Waals surface area contributed by atoms with E-state index in [1.54, 1.807) is 17.7 Å². The Balaban J connectivity index is 2.04. The second-order valence-electron chi connectivity index (χ2n) is 4.36. The summed E-state index contributed by atoms with van der Waals surface area (Å²) in [4.78, 5) is 9.84. The number of thiophene rings is 1. The minimum atomic E-state index is 0.432. The smallest absolute Gasteiger partial charge is 0.129 e. The molecule has 2 aromatic rings. The van der Waals surface area contributed by atoms with Crippen molar-refractivity contribution in [1.29, 1.82) is 0 Å². The summed E-state index contributed by atoms with van der Waals surface area (Å²) in [5, 5.41) is 5.46. The van der Waals surface area contributed by atoms with Crippen LogP contribution < -0.4 is 5.32 Å². The predicted molar refractivity (Wildman–Crippen MR) is 72.5 cm³/mol. The van der Waals surface area contributed by atoms with E-state index in [0.29, 0.717) is 5.92 Å². The summed E-state index contributed by atoms with van der Waals surface area (Å²) < 4.78 is 0. The Bertz CT molecular complexity index is 491. The molecule has 0 fully saturated rings. The van der Waals surface area contributed by atoms with Crippen molar-refractivity contribution >= 4 is 17.2 Å². The first-order chi connectivity index (χ1) is 8.16. The van der Waals surface area contributed by atoms with Gasteiger partial charge in [-0.2, -0.15) is 0 Å². The van der Waals surface area contributed by atoms with Gasteiger partial charge in [-0.25, -0.2) is 9.97 Å². The van der Waals surface area contributed by atoms with Gasteiger partial charge in [0.05, 0.1) is 6.54 Å². The van der Waals surface area contributed by atoms with Crippen molar-refractivity contribution in [3.05, 3.63) is 40.0 Å². The van der Waals surface area contributed by atoms with Crippen molar-refractivity contribution in [2.75, 3.05) is 5.32 Å². The van der Waals surface area contributed by atoms with Crippen LogP contribution in [0.3, 0.4) is 0 Å². The Hall–Kier alpha value is -1.42. The maximum atomic E-state index is 4.25. The highest BCUT2D eigenvalue weighted by Crippen LogP contribution is 2.18. The second-order valence-corrected chi connectivity index (χ2v) is 5.36. The molecular weight excluding hydrogens is 230 g/mol. The number of nitrogens with one attached hydrogen (secondary N) is 1. The maximum absolute atomic E-state index is 4.25. The van der Waals surface area contributed by atoms with Crippen LogP contribution in [0.1, 0.15) is 35.9 Å². The Morgan fingerprint density at radius 2 is 2.18 bits per heavy atom. The van der Waals surface area contributed by atoms with Gasteiger partial charge in [-0.05, 0) is 29.9 Å². The number of rotatable bonds is 4. The van der Waals surface area contributed by atoms with Crippen LogP contribution in [0.5, 0.6) is 0 Å². The third kappa shape index (κ3) is 3.03. The van der Waals surface area contributed by atoms with E-state index in [2.05, 4.69) is 47.5 Å². The molecule has 2 heterocycles. The van der Waals surface area contributed by atoms with E-state index in [1.807, 2.05) is 6.07 Å². The Kier molecular flexibility index (Phi) is 3.74. The fraction of sp³-hybridized carbons (Fsp3) is 0.385. The van der Waals surface area contributed by atoms with E-state index in [0.717, 1.165) is 18.1 Å². The number of aryl methyl sites for hydroxylation is 1. The molecule has 17 heavy (non-hydrogen) atoms. The summed E-state index contributed by atoms with van der Waals surface area (Å²) in [6.45, 7) is 7.23. The number of nitrogens with zero attached hydrogens (tertiary/aromatic N) is 2. The van der Waals surface area contributed by atoms with E-state index in [-0.39, 0.29) is 0 Å². The van der Waals surface area contributed by atoms with Gasteiger partial charge in [0.2, 0.25) is 0 Å². The monoisotopic (exact) mass is 247 g/mol. The van der Waals surface area contributed by atoms with Gasteiger partial charge < -0.3 is 5.32 Å². The molecule has 1 N–H and O–H groups in total. The van der Waals surface area contributed by atoms with Gasteiger partial charge in [-0.3, -0.25) is 0 Å². The van der Waals surface area contributed by atoms with Gasteiger partial charge in [-0.15, -0.1) is 11.3 Å². The van der Waals surface area contributed by atoms with Crippen LogP contribution >= 0.6 is 11.3 Å². The van der Waals surface area contributed by atoms with E-state index in [4.69, 9.17) is 0 Å². The molecule has 90 valence electrons. The third-order valence-corrected chi connectivity index (χ3v) is 3.70. The first-order valence-corrected chi connectivity index (χ1v) is 6.63. The van der Waals surface area contributed by atoms with Gasteiger partial charge in [0.1, 0.15) is 12.1 Å². The molecule has 2 aromatic heterocycles. The first kappa shape index (κ1) is 12.0. The zero-order valence-corrected chi connectivity index (χ0v) is 11.2. The zero-order chi connectivity index (χ0) is 12.3. The third-order valence-electron chi connectivity index (χ3n) is 2.68. The van der Waals surface area contributed by atoms with Gasteiger partial charge in [0.15, 0.2) is 0 Å². The molecule has 0 radical (unpaired) electrons. The van der Waals surface area contributed by atoms with E-state index >= 15 is 0 Å². The average Bonchev–Trinajstić information content (AvgIpc) is 2.72. The SMILES string of the molecule is Cc1ccsc1CNc1cc(C(C)C)ncn1. The molecule has 2 rings (SSSR count). The largest absolute Gasteiger partial charge is 0.365 e.